The highest BCUT2D eigenvalue weighted by Crippen LogP contribution is 2.16. The van der Waals surface area contributed by atoms with E-state index in [4.69, 9.17) is 9.84 Å². The average molecular weight is 265 g/mol. The van der Waals surface area contributed by atoms with Crippen LogP contribution in [0.15, 0.2) is 18.2 Å². The molecule has 1 amide bonds. The van der Waals surface area contributed by atoms with Crippen LogP contribution < -0.4 is 10.1 Å². The van der Waals surface area contributed by atoms with Crippen LogP contribution in [0.1, 0.15) is 24.0 Å². The molecule has 0 unspecified atom stereocenters. The molecule has 0 atom stereocenters. The Hall–Kier alpha value is -2.04. The third-order valence-electron chi connectivity index (χ3n) is 2.74. The second-order valence-electron chi connectivity index (χ2n) is 4.34. The minimum atomic E-state index is -0.924. The largest absolute Gasteiger partial charge is 0.493 e. The summed E-state index contributed by atoms with van der Waals surface area (Å²) in [6.07, 6.45) is 0.149. The molecule has 19 heavy (non-hydrogen) atoms. The number of aryl methyl sites for hydroxylation is 2. The van der Waals surface area contributed by atoms with E-state index >= 15 is 0 Å². The van der Waals surface area contributed by atoms with Gasteiger partial charge in [-0.2, -0.15) is 0 Å². The van der Waals surface area contributed by atoms with E-state index in [0.29, 0.717) is 0 Å². The van der Waals surface area contributed by atoms with Gasteiger partial charge in [0.05, 0.1) is 19.4 Å². The number of carbonyl (C=O) groups is 2. The van der Waals surface area contributed by atoms with Crippen LogP contribution in [0.5, 0.6) is 5.75 Å². The molecule has 104 valence electrons. The summed E-state index contributed by atoms with van der Waals surface area (Å²) in [4.78, 5) is 21.6. The van der Waals surface area contributed by atoms with Gasteiger partial charge in [-0.15, -0.1) is 0 Å². The second kappa shape index (κ2) is 7.41. The summed E-state index contributed by atoms with van der Waals surface area (Å²) in [6, 6.07) is 5.76. The fourth-order valence-electron chi connectivity index (χ4n) is 1.46. The van der Waals surface area contributed by atoms with E-state index in [-0.39, 0.29) is 31.9 Å². The highest BCUT2D eigenvalue weighted by atomic mass is 16.5. The maximum Gasteiger partial charge on any atom is 0.305 e. The normalized spacial score (nSPS) is 10.0. The van der Waals surface area contributed by atoms with Crippen molar-refractivity contribution in [1.29, 1.82) is 0 Å². The van der Waals surface area contributed by atoms with E-state index in [2.05, 4.69) is 5.32 Å². The fraction of sp³-hybridized carbons (Fsp3) is 0.429. The number of carboxylic acid groups (broad SMARTS) is 1. The Morgan fingerprint density at radius 3 is 2.58 bits per heavy atom. The summed E-state index contributed by atoms with van der Waals surface area (Å²) in [5.41, 5.74) is 2.34. The molecule has 0 aliphatic heterocycles. The molecule has 0 aliphatic rings. The lowest BCUT2D eigenvalue weighted by Crippen LogP contribution is -2.27. The molecule has 5 heteroatoms. The molecule has 1 aromatic carbocycles. The van der Waals surface area contributed by atoms with Crippen molar-refractivity contribution in [2.24, 2.45) is 0 Å². The zero-order valence-electron chi connectivity index (χ0n) is 11.2. The van der Waals surface area contributed by atoms with Gasteiger partial charge in [-0.25, -0.2) is 0 Å². The molecule has 0 aromatic heterocycles. The van der Waals surface area contributed by atoms with Crippen LogP contribution in [0.2, 0.25) is 0 Å². The second-order valence-corrected chi connectivity index (χ2v) is 4.34. The predicted molar refractivity (Wildman–Crippen MR) is 71.3 cm³/mol. The molecule has 0 heterocycles. The quantitative estimate of drug-likeness (QED) is 0.786. The average Bonchev–Trinajstić information content (AvgIpc) is 2.33. The van der Waals surface area contributed by atoms with Crippen LogP contribution in [0, 0.1) is 13.8 Å². The van der Waals surface area contributed by atoms with Gasteiger partial charge in [0.1, 0.15) is 5.75 Å². The molecule has 0 saturated heterocycles. The molecular weight excluding hydrogens is 246 g/mol. The molecule has 1 aromatic rings. The van der Waals surface area contributed by atoms with Gasteiger partial charge in [0, 0.05) is 6.54 Å². The lowest BCUT2D eigenvalue weighted by atomic mass is 10.1. The Morgan fingerprint density at radius 2 is 1.95 bits per heavy atom. The first-order valence-corrected chi connectivity index (χ1v) is 6.17. The monoisotopic (exact) mass is 265 g/mol. The van der Waals surface area contributed by atoms with Gasteiger partial charge in [0.25, 0.3) is 0 Å². The minimum Gasteiger partial charge on any atom is -0.493 e. The van der Waals surface area contributed by atoms with E-state index in [9.17, 15) is 9.59 Å². The Balaban J connectivity index is 2.24. The molecular formula is C14H19NO4. The number of amides is 1. The Kier molecular flexibility index (Phi) is 5.85. The van der Waals surface area contributed by atoms with Crippen LogP contribution >= 0.6 is 0 Å². The van der Waals surface area contributed by atoms with Crippen molar-refractivity contribution >= 4 is 11.9 Å². The number of benzene rings is 1. The number of hydrogen-bond donors (Lipinski definition) is 2. The number of nitrogens with one attached hydrogen (secondary N) is 1. The maximum atomic E-state index is 11.4. The molecule has 0 spiro atoms. The number of hydrogen-bond acceptors (Lipinski definition) is 3. The third-order valence-corrected chi connectivity index (χ3v) is 2.74. The lowest BCUT2D eigenvalue weighted by molar-refractivity contribution is -0.136. The summed E-state index contributed by atoms with van der Waals surface area (Å²) < 4.78 is 5.46. The summed E-state index contributed by atoms with van der Waals surface area (Å²) in [7, 11) is 0. The summed E-state index contributed by atoms with van der Waals surface area (Å²) >= 11 is 0. The molecule has 0 bridgehead atoms. The van der Waals surface area contributed by atoms with E-state index in [1.54, 1.807) is 0 Å². The molecule has 0 aliphatic carbocycles. The first-order chi connectivity index (χ1) is 8.99. The van der Waals surface area contributed by atoms with E-state index in [1.165, 1.54) is 5.56 Å². The molecule has 1 rings (SSSR count). The summed E-state index contributed by atoms with van der Waals surface area (Å²) in [5.74, 6) is -0.391. The number of carbonyl (C=O) groups excluding carboxylic acids is 1. The maximum absolute atomic E-state index is 11.4. The van der Waals surface area contributed by atoms with Gasteiger partial charge < -0.3 is 15.2 Å². The van der Waals surface area contributed by atoms with E-state index < -0.39 is 5.97 Å². The van der Waals surface area contributed by atoms with Crippen molar-refractivity contribution in [3.05, 3.63) is 29.3 Å². The van der Waals surface area contributed by atoms with Gasteiger partial charge in [-0.05, 0) is 37.1 Å². The molecule has 0 radical (unpaired) electrons. The predicted octanol–water partition coefficient (Wildman–Crippen LogP) is 1.66. The van der Waals surface area contributed by atoms with Crippen molar-refractivity contribution in [3.8, 4) is 5.75 Å². The van der Waals surface area contributed by atoms with Gasteiger partial charge in [-0.3, -0.25) is 9.59 Å². The van der Waals surface area contributed by atoms with Crippen molar-refractivity contribution in [3.63, 3.8) is 0 Å². The summed E-state index contributed by atoms with van der Waals surface area (Å²) in [5, 5.41) is 10.9. The smallest absolute Gasteiger partial charge is 0.305 e. The number of rotatable bonds is 7. The Labute approximate surface area is 112 Å². The van der Waals surface area contributed by atoms with E-state index in [1.807, 2.05) is 32.0 Å². The first kappa shape index (κ1) is 15.0. The highest BCUT2D eigenvalue weighted by molar-refractivity contribution is 5.76. The standard InChI is InChI=1S/C14H19NO4/c1-10-3-4-12(9-11(10)2)19-8-6-13(16)15-7-5-14(17)18/h3-4,9H,5-8H2,1-2H3,(H,15,16)(H,17,18). The van der Waals surface area contributed by atoms with Gasteiger partial charge in [0.15, 0.2) is 0 Å². The summed E-state index contributed by atoms with van der Waals surface area (Å²) in [6.45, 7) is 4.45. The van der Waals surface area contributed by atoms with Crippen molar-refractivity contribution in [2.45, 2.75) is 26.7 Å². The lowest BCUT2D eigenvalue weighted by Gasteiger charge is -2.08. The van der Waals surface area contributed by atoms with Crippen molar-refractivity contribution < 1.29 is 19.4 Å². The molecule has 0 saturated carbocycles. The van der Waals surface area contributed by atoms with Gasteiger partial charge in [-0.1, -0.05) is 6.07 Å². The Bertz CT molecular complexity index is 457. The van der Waals surface area contributed by atoms with Gasteiger partial charge in [0.2, 0.25) is 5.91 Å². The van der Waals surface area contributed by atoms with E-state index in [0.717, 1.165) is 11.3 Å². The minimum absolute atomic E-state index is 0.0657. The van der Waals surface area contributed by atoms with Crippen LogP contribution in [0.25, 0.3) is 0 Å². The SMILES string of the molecule is Cc1ccc(OCCC(=O)NCCC(=O)O)cc1C. The number of ether oxygens (including phenoxy) is 1. The molecule has 2 N–H and O–H groups in total. The highest BCUT2D eigenvalue weighted by Gasteiger charge is 2.03. The first-order valence-electron chi connectivity index (χ1n) is 6.17. The molecule has 0 fully saturated rings. The number of carboxylic acids is 1. The van der Waals surface area contributed by atoms with Crippen LogP contribution in [0.4, 0.5) is 0 Å². The van der Waals surface area contributed by atoms with Crippen LogP contribution in [-0.2, 0) is 9.59 Å². The topological polar surface area (TPSA) is 75.6 Å². The number of aliphatic carboxylic acids is 1. The molecule has 5 nitrogen and oxygen atoms in total. The fourth-order valence-corrected chi connectivity index (χ4v) is 1.46. The van der Waals surface area contributed by atoms with Gasteiger partial charge >= 0.3 is 5.97 Å². The van der Waals surface area contributed by atoms with Crippen molar-refractivity contribution in [1.82, 2.24) is 5.32 Å². The zero-order valence-corrected chi connectivity index (χ0v) is 11.2. The van der Waals surface area contributed by atoms with Crippen LogP contribution in [0.3, 0.4) is 0 Å². The third kappa shape index (κ3) is 5.90. The Morgan fingerprint density at radius 1 is 1.21 bits per heavy atom. The van der Waals surface area contributed by atoms with Crippen molar-refractivity contribution in [2.75, 3.05) is 13.2 Å². The zero-order chi connectivity index (χ0) is 14.3. The van der Waals surface area contributed by atoms with Crippen LogP contribution in [-0.4, -0.2) is 30.1 Å².